The molecule has 0 saturated heterocycles. The van der Waals surface area contributed by atoms with Crippen LogP contribution in [0.5, 0.6) is 0 Å². The molecular weight excluding hydrogens is 260 g/mol. The minimum atomic E-state index is -1.05. The molecule has 0 aromatic heterocycles. The standard InChI is InChI=1S/C14H18N2O4/c1-8(17)15-5-4-12(18)14(20)10-3-2-9-7-13(19)16-11(9)6-10/h2-3,6,12,14,18,20H,4-5,7H2,1H3,(H,15,17)(H,16,19). The second kappa shape index (κ2) is 6.02. The Labute approximate surface area is 116 Å². The van der Waals surface area contributed by atoms with Crippen molar-refractivity contribution in [1.29, 1.82) is 0 Å². The summed E-state index contributed by atoms with van der Waals surface area (Å²) in [6, 6.07) is 5.14. The van der Waals surface area contributed by atoms with E-state index in [0.717, 1.165) is 5.56 Å². The molecule has 0 radical (unpaired) electrons. The Kier molecular flexibility index (Phi) is 4.36. The molecule has 1 heterocycles. The Morgan fingerprint density at radius 1 is 1.45 bits per heavy atom. The highest BCUT2D eigenvalue weighted by atomic mass is 16.3. The van der Waals surface area contributed by atoms with Gasteiger partial charge in [-0.05, 0) is 23.6 Å². The number of aliphatic hydroxyl groups is 2. The molecule has 0 spiro atoms. The molecule has 6 heteroatoms. The summed E-state index contributed by atoms with van der Waals surface area (Å²) in [5.41, 5.74) is 2.11. The molecule has 0 fully saturated rings. The second-order valence-electron chi connectivity index (χ2n) is 4.93. The normalized spacial score (nSPS) is 16.2. The minimum Gasteiger partial charge on any atom is -0.390 e. The van der Waals surface area contributed by atoms with Crippen molar-refractivity contribution in [3.63, 3.8) is 0 Å². The summed E-state index contributed by atoms with van der Waals surface area (Å²) in [5, 5.41) is 25.2. The van der Waals surface area contributed by atoms with Crippen LogP contribution in [0.25, 0.3) is 0 Å². The van der Waals surface area contributed by atoms with E-state index < -0.39 is 12.2 Å². The van der Waals surface area contributed by atoms with Crippen LogP contribution in [0.4, 0.5) is 5.69 Å². The molecule has 1 aromatic rings. The Balaban J connectivity index is 1.98. The lowest BCUT2D eigenvalue weighted by atomic mass is 9.99. The van der Waals surface area contributed by atoms with Crippen LogP contribution in [0.2, 0.25) is 0 Å². The number of aliphatic hydroxyl groups excluding tert-OH is 2. The molecule has 20 heavy (non-hydrogen) atoms. The first kappa shape index (κ1) is 14.5. The first-order valence-electron chi connectivity index (χ1n) is 6.50. The van der Waals surface area contributed by atoms with Crippen molar-refractivity contribution >= 4 is 17.5 Å². The van der Waals surface area contributed by atoms with E-state index in [1.165, 1.54) is 6.92 Å². The average Bonchev–Trinajstić information content (AvgIpc) is 2.76. The molecule has 2 amide bonds. The lowest BCUT2D eigenvalue weighted by Gasteiger charge is -2.19. The average molecular weight is 278 g/mol. The van der Waals surface area contributed by atoms with Crippen molar-refractivity contribution in [3.05, 3.63) is 29.3 Å². The molecule has 1 aromatic carbocycles. The zero-order valence-corrected chi connectivity index (χ0v) is 11.2. The molecule has 1 aliphatic rings. The Bertz CT molecular complexity index is 530. The number of benzene rings is 1. The van der Waals surface area contributed by atoms with E-state index in [1.807, 2.05) is 0 Å². The first-order valence-corrected chi connectivity index (χ1v) is 6.50. The van der Waals surface area contributed by atoms with Crippen molar-refractivity contribution in [3.8, 4) is 0 Å². The molecule has 0 saturated carbocycles. The number of hydrogen-bond donors (Lipinski definition) is 4. The van der Waals surface area contributed by atoms with Gasteiger partial charge in [-0.1, -0.05) is 12.1 Å². The van der Waals surface area contributed by atoms with E-state index in [4.69, 9.17) is 0 Å². The van der Waals surface area contributed by atoms with E-state index in [1.54, 1.807) is 18.2 Å². The number of nitrogens with one attached hydrogen (secondary N) is 2. The van der Waals surface area contributed by atoms with Crippen LogP contribution in [0.1, 0.15) is 30.6 Å². The summed E-state index contributed by atoms with van der Waals surface area (Å²) in [4.78, 5) is 22.0. The summed E-state index contributed by atoms with van der Waals surface area (Å²) in [5.74, 6) is -0.246. The summed E-state index contributed by atoms with van der Waals surface area (Å²) in [6.07, 6.45) is -1.43. The summed E-state index contributed by atoms with van der Waals surface area (Å²) in [6.45, 7) is 1.70. The SMILES string of the molecule is CC(=O)NCCC(O)C(O)c1ccc2c(c1)NC(=O)C2. The molecule has 0 aliphatic carbocycles. The predicted molar refractivity (Wildman–Crippen MR) is 73.0 cm³/mol. The van der Waals surface area contributed by atoms with E-state index in [-0.39, 0.29) is 18.2 Å². The van der Waals surface area contributed by atoms with Crippen LogP contribution in [0.15, 0.2) is 18.2 Å². The molecule has 2 atom stereocenters. The minimum absolute atomic E-state index is 0.0714. The van der Waals surface area contributed by atoms with Gasteiger partial charge in [0.15, 0.2) is 0 Å². The van der Waals surface area contributed by atoms with Gasteiger partial charge in [0.2, 0.25) is 11.8 Å². The van der Waals surface area contributed by atoms with Crippen molar-refractivity contribution in [2.24, 2.45) is 0 Å². The lowest BCUT2D eigenvalue weighted by molar-refractivity contribution is -0.119. The van der Waals surface area contributed by atoms with Gasteiger partial charge in [0.05, 0.1) is 12.5 Å². The Morgan fingerprint density at radius 3 is 2.90 bits per heavy atom. The molecule has 2 unspecified atom stereocenters. The van der Waals surface area contributed by atoms with Crippen molar-refractivity contribution in [1.82, 2.24) is 5.32 Å². The summed E-state index contributed by atoms with van der Waals surface area (Å²) in [7, 11) is 0. The number of rotatable bonds is 5. The maximum absolute atomic E-state index is 11.3. The van der Waals surface area contributed by atoms with Crippen molar-refractivity contribution in [2.75, 3.05) is 11.9 Å². The molecule has 6 nitrogen and oxygen atoms in total. The Hall–Kier alpha value is -1.92. The zero-order valence-electron chi connectivity index (χ0n) is 11.2. The van der Waals surface area contributed by atoms with Crippen LogP contribution < -0.4 is 10.6 Å². The number of anilines is 1. The predicted octanol–water partition coefficient (Wildman–Crippen LogP) is 0.102. The maximum Gasteiger partial charge on any atom is 0.228 e. The van der Waals surface area contributed by atoms with E-state index in [9.17, 15) is 19.8 Å². The number of hydrogen-bond acceptors (Lipinski definition) is 4. The Morgan fingerprint density at radius 2 is 2.20 bits per heavy atom. The topological polar surface area (TPSA) is 98.7 Å². The van der Waals surface area contributed by atoms with Gasteiger partial charge in [-0.2, -0.15) is 0 Å². The smallest absolute Gasteiger partial charge is 0.228 e. The largest absolute Gasteiger partial charge is 0.390 e. The number of carbonyl (C=O) groups is 2. The van der Waals surface area contributed by atoms with Crippen molar-refractivity contribution in [2.45, 2.75) is 32.0 Å². The summed E-state index contributed by atoms with van der Waals surface area (Å²) < 4.78 is 0. The molecule has 0 bridgehead atoms. The monoisotopic (exact) mass is 278 g/mol. The zero-order chi connectivity index (χ0) is 14.7. The van der Waals surface area contributed by atoms with Crippen molar-refractivity contribution < 1.29 is 19.8 Å². The van der Waals surface area contributed by atoms with Crippen LogP contribution in [-0.2, 0) is 16.0 Å². The van der Waals surface area contributed by atoms with E-state index >= 15 is 0 Å². The quantitative estimate of drug-likeness (QED) is 0.614. The fraction of sp³-hybridized carbons (Fsp3) is 0.429. The molecular formula is C14H18N2O4. The fourth-order valence-electron chi connectivity index (χ4n) is 2.19. The van der Waals surface area contributed by atoms with Gasteiger partial charge in [-0.3, -0.25) is 9.59 Å². The molecule has 1 aliphatic heterocycles. The van der Waals surface area contributed by atoms with Gasteiger partial charge in [0, 0.05) is 19.2 Å². The first-order chi connectivity index (χ1) is 9.47. The molecule has 2 rings (SSSR count). The third-order valence-electron chi connectivity index (χ3n) is 3.28. The summed E-state index contributed by atoms with van der Waals surface area (Å²) >= 11 is 0. The van der Waals surface area contributed by atoms with Gasteiger partial charge in [-0.15, -0.1) is 0 Å². The molecule has 108 valence electrons. The fourth-order valence-corrected chi connectivity index (χ4v) is 2.19. The second-order valence-corrected chi connectivity index (χ2v) is 4.93. The third kappa shape index (κ3) is 3.34. The van der Waals surface area contributed by atoms with Gasteiger partial charge >= 0.3 is 0 Å². The van der Waals surface area contributed by atoms with Crippen LogP contribution in [0, 0.1) is 0 Å². The number of amides is 2. The van der Waals surface area contributed by atoms with Crippen LogP contribution >= 0.6 is 0 Å². The van der Waals surface area contributed by atoms with Crippen LogP contribution in [0.3, 0.4) is 0 Å². The highest BCUT2D eigenvalue weighted by Gasteiger charge is 2.22. The van der Waals surface area contributed by atoms with Gasteiger partial charge in [0.1, 0.15) is 6.10 Å². The van der Waals surface area contributed by atoms with E-state index in [2.05, 4.69) is 10.6 Å². The third-order valence-corrected chi connectivity index (χ3v) is 3.28. The molecule has 4 N–H and O–H groups in total. The highest BCUT2D eigenvalue weighted by Crippen LogP contribution is 2.28. The van der Waals surface area contributed by atoms with Gasteiger partial charge < -0.3 is 20.8 Å². The van der Waals surface area contributed by atoms with Gasteiger partial charge in [0.25, 0.3) is 0 Å². The maximum atomic E-state index is 11.3. The van der Waals surface area contributed by atoms with Crippen LogP contribution in [-0.4, -0.2) is 34.7 Å². The van der Waals surface area contributed by atoms with E-state index in [0.29, 0.717) is 24.2 Å². The number of carbonyl (C=O) groups excluding carboxylic acids is 2. The highest BCUT2D eigenvalue weighted by molar-refractivity contribution is 5.99. The number of fused-ring (bicyclic) bond motifs is 1. The van der Waals surface area contributed by atoms with Gasteiger partial charge in [-0.25, -0.2) is 0 Å². The lowest BCUT2D eigenvalue weighted by Crippen LogP contribution is -2.27.